The van der Waals surface area contributed by atoms with Crippen LogP contribution in [0.1, 0.15) is 42.8 Å². The highest BCUT2D eigenvalue weighted by molar-refractivity contribution is 7.17. The van der Waals surface area contributed by atoms with Gasteiger partial charge in [0.25, 0.3) is 5.91 Å². The molecule has 2 heterocycles. The van der Waals surface area contributed by atoms with E-state index in [9.17, 15) is 4.79 Å². The van der Waals surface area contributed by atoms with E-state index in [4.69, 9.17) is 11.6 Å². The zero-order valence-electron chi connectivity index (χ0n) is 12.2. The zero-order valence-corrected chi connectivity index (χ0v) is 13.8. The number of amides is 1. The molecule has 0 bridgehead atoms. The van der Waals surface area contributed by atoms with E-state index in [1.165, 1.54) is 37.3 Å². The number of hydrogen-bond donors (Lipinski definition) is 1. The minimum atomic E-state index is -0.00146. The van der Waals surface area contributed by atoms with Crippen molar-refractivity contribution in [1.82, 2.24) is 10.2 Å². The summed E-state index contributed by atoms with van der Waals surface area (Å²) in [7, 11) is 0. The van der Waals surface area contributed by atoms with Crippen molar-refractivity contribution in [2.24, 2.45) is 5.92 Å². The lowest BCUT2D eigenvalue weighted by Gasteiger charge is -2.35. The van der Waals surface area contributed by atoms with E-state index in [0.29, 0.717) is 21.2 Å². The average Bonchev–Trinajstić information content (AvgIpc) is 2.86. The van der Waals surface area contributed by atoms with Crippen molar-refractivity contribution < 1.29 is 4.79 Å². The predicted octanol–water partition coefficient (Wildman–Crippen LogP) is 3.64. The number of likely N-dealkylation sites (tertiary alicyclic amines) is 1. The van der Waals surface area contributed by atoms with Crippen LogP contribution >= 0.6 is 22.9 Å². The van der Waals surface area contributed by atoms with Gasteiger partial charge in [-0.3, -0.25) is 4.79 Å². The molecule has 112 valence electrons. The summed E-state index contributed by atoms with van der Waals surface area (Å²) in [5.74, 6) is 0.705. The molecule has 1 fully saturated rings. The second kappa shape index (κ2) is 7.43. The Balaban J connectivity index is 1.71. The number of carbonyl (C=O) groups excluding carboxylic acids is 1. The summed E-state index contributed by atoms with van der Waals surface area (Å²) in [6.45, 7) is 7.65. The van der Waals surface area contributed by atoms with Gasteiger partial charge in [-0.15, -0.1) is 11.3 Å². The number of carbonyl (C=O) groups is 1. The molecule has 1 N–H and O–H groups in total. The van der Waals surface area contributed by atoms with Crippen LogP contribution in [0.4, 0.5) is 0 Å². The summed E-state index contributed by atoms with van der Waals surface area (Å²) >= 11 is 7.17. The van der Waals surface area contributed by atoms with Crippen LogP contribution in [0.3, 0.4) is 0 Å². The van der Waals surface area contributed by atoms with E-state index in [-0.39, 0.29) is 5.91 Å². The second-order valence-electron chi connectivity index (χ2n) is 5.75. The Morgan fingerprint density at radius 1 is 1.55 bits per heavy atom. The van der Waals surface area contributed by atoms with Gasteiger partial charge in [0.2, 0.25) is 0 Å². The Morgan fingerprint density at radius 3 is 3.00 bits per heavy atom. The van der Waals surface area contributed by atoms with Gasteiger partial charge < -0.3 is 10.2 Å². The largest absolute Gasteiger partial charge is 0.351 e. The molecule has 0 radical (unpaired) electrons. The summed E-state index contributed by atoms with van der Waals surface area (Å²) in [5.41, 5.74) is 0. The van der Waals surface area contributed by atoms with Gasteiger partial charge in [-0.25, -0.2) is 0 Å². The second-order valence-corrected chi connectivity index (χ2v) is 7.46. The first-order valence-electron chi connectivity index (χ1n) is 7.34. The van der Waals surface area contributed by atoms with Crippen LogP contribution in [0.25, 0.3) is 0 Å². The van der Waals surface area contributed by atoms with Crippen LogP contribution in [0.2, 0.25) is 4.34 Å². The standard InChI is InChI=1S/C15H23ClN2OS/c1-11(2)18-9-3-4-12(10-18)7-8-17-15(19)13-5-6-14(16)20-13/h5-6,11-12H,3-4,7-10H2,1-2H3,(H,17,19)/t12-/m0/s1. The summed E-state index contributed by atoms with van der Waals surface area (Å²) in [6.07, 6.45) is 3.62. The molecule has 3 nitrogen and oxygen atoms in total. The Bertz CT molecular complexity index is 447. The first kappa shape index (κ1) is 15.8. The van der Waals surface area contributed by atoms with Crippen molar-refractivity contribution in [2.45, 2.75) is 39.2 Å². The summed E-state index contributed by atoms with van der Waals surface area (Å²) < 4.78 is 0.662. The number of hydrogen-bond acceptors (Lipinski definition) is 3. The molecule has 1 atom stereocenters. The molecule has 5 heteroatoms. The highest BCUT2D eigenvalue weighted by Gasteiger charge is 2.21. The monoisotopic (exact) mass is 314 g/mol. The molecule has 1 aromatic rings. The fourth-order valence-corrected chi connectivity index (χ4v) is 3.67. The van der Waals surface area contributed by atoms with Gasteiger partial charge >= 0.3 is 0 Å². The molecule has 2 rings (SSSR count). The number of rotatable bonds is 5. The van der Waals surface area contributed by atoms with Crippen LogP contribution in [0.15, 0.2) is 12.1 Å². The van der Waals surface area contributed by atoms with Gasteiger partial charge in [-0.2, -0.15) is 0 Å². The Kier molecular flexibility index (Phi) is 5.87. The van der Waals surface area contributed by atoms with E-state index in [2.05, 4.69) is 24.1 Å². The van der Waals surface area contributed by atoms with Crippen molar-refractivity contribution in [2.75, 3.05) is 19.6 Å². The summed E-state index contributed by atoms with van der Waals surface area (Å²) in [5, 5.41) is 3.00. The number of piperidine rings is 1. The van der Waals surface area contributed by atoms with Crippen molar-refractivity contribution in [3.05, 3.63) is 21.3 Å². The molecule has 1 amide bonds. The average molecular weight is 315 g/mol. The Labute approximate surface area is 130 Å². The van der Waals surface area contributed by atoms with Crippen molar-refractivity contribution in [3.8, 4) is 0 Å². The summed E-state index contributed by atoms with van der Waals surface area (Å²) in [4.78, 5) is 15.1. The van der Waals surface area contributed by atoms with Gasteiger partial charge in [0.15, 0.2) is 0 Å². The number of halogens is 1. The number of thiophene rings is 1. The summed E-state index contributed by atoms with van der Waals surface area (Å²) in [6, 6.07) is 4.17. The molecule has 0 aliphatic carbocycles. The maximum atomic E-state index is 11.9. The van der Waals surface area contributed by atoms with Crippen molar-refractivity contribution >= 4 is 28.8 Å². The highest BCUT2D eigenvalue weighted by atomic mass is 35.5. The van der Waals surface area contributed by atoms with Crippen LogP contribution in [0, 0.1) is 5.92 Å². The van der Waals surface area contributed by atoms with E-state index in [0.717, 1.165) is 13.0 Å². The molecule has 1 aliphatic heterocycles. The molecule has 0 saturated carbocycles. The molecule has 0 unspecified atom stereocenters. The third-order valence-corrected chi connectivity index (χ3v) is 5.15. The van der Waals surface area contributed by atoms with E-state index in [1.54, 1.807) is 12.1 Å². The maximum absolute atomic E-state index is 11.9. The molecule has 1 saturated heterocycles. The van der Waals surface area contributed by atoms with E-state index >= 15 is 0 Å². The van der Waals surface area contributed by atoms with Crippen LogP contribution < -0.4 is 5.32 Å². The minimum absolute atomic E-state index is 0.00146. The van der Waals surface area contributed by atoms with Crippen molar-refractivity contribution in [3.63, 3.8) is 0 Å². The Morgan fingerprint density at radius 2 is 2.35 bits per heavy atom. The first-order chi connectivity index (χ1) is 9.56. The molecule has 0 spiro atoms. The zero-order chi connectivity index (χ0) is 14.5. The highest BCUT2D eigenvalue weighted by Crippen LogP contribution is 2.22. The van der Waals surface area contributed by atoms with Gasteiger partial charge in [-0.05, 0) is 57.7 Å². The van der Waals surface area contributed by atoms with Gasteiger partial charge in [0, 0.05) is 19.1 Å². The maximum Gasteiger partial charge on any atom is 0.261 e. The molecule has 1 aliphatic rings. The molecule has 0 aromatic carbocycles. The quantitative estimate of drug-likeness (QED) is 0.900. The Hall–Kier alpha value is -0.580. The number of nitrogens with one attached hydrogen (secondary N) is 1. The third kappa shape index (κ3) is 4.47. The van der Waals surface area contributed by atoms with Gasteiger partial charge in [0.05, 0.1) is 9.21 Å². The van der Waals surface area contributed by atoms with Crippen LogP contribution in [-0.4, -0.2) is 36.5 Å². The number of nitrogens with zero attached hydrogens (tertiary/aromatic N) is 1. The van der Waals surface area contributed by atoms with E-state index < -0.39 is 0 Å². The van der Waals surface area contributed by atoms with Crippen LogP contribution in [-0.2, 0) is 0 Å². The minimum Gasteiger partial charge on any atom is -0.351 e. The fraction of sp³-hybridized carbons (Fsp3) is 0.667. The van der Waals surface area contributed by atoms with Gasteiger partial charge in [0.1, 0.15) is 0 Å². The van der Waals surface area contributed by atoms with Gasteiger partial charge in [-0.1, -0.05) is 11.6 Å². The molecular weight excluding hydrogens is 292 g/mol. The van der Waals surface area contributed by atoms with Crippen molar-refractivity contribution in [1.29, 1.82) is 0 Å². The molecular formula is C15H23ClN2OS. The molecule has 20 heavy (non-hydrogen) atoms. The normalized spacial score (nSPS) is 20.3. The van der Waals surface area contributed by atoms with Crippen LogP contribution in [0.5, 0.6) is 0 Å². The first-order valence-corrected chi connectivity index (χ1v) is 8.53. The topological polar surface area (TPSA) is 32.3 Å². The predicted molar refractivity (Wildman–Crippen MR) is 85.7 cm³/mol. The lowest BCUT2D eigenvalue weighted by molar-refractivity contribution is 0.0946. The lowest BCUT2D eigenvalue weighted by Crippen LogP contribution is -2.40. The smallest absolute Gasteiger partial charge is 0.261 e. The lowest BCUT2D eigenvalue weighted by atomic mass is 9.94. The SMILES string of the molecule is CC(C)N1CCC[C@@H](CCNC(=O)c2ccc(Cl)s2)C1. The fourth-order valence-electron chi connectivity index (χ4n) is 2.72. The van der Waals surface area contributed by atoms with E-state index in [1.807, 2.05) is 0 Å². The molecule has 1 aromatic heterocycles. The third-order valence-electron chi connectivity index (χ3n) is 3.92.